The minimum absolute atomic E-state index is 0.701. The highest BCUT2D eigenvalue weighted by Crippen LogP contribution is 2.29. The quantitative estimate of drug-likeness (QED) is 0.481. The van der Waals surface area contributed by atoms with Crippen LogP contribution in [0, 0.1) is 0 Å². The van der Waals surface area contributed by atoms with Crippen LogP contribution >= 0.6 is 23.1 Å². The summed E-state index contributed by atoms with van der Waals surface area (Å²) in [6, 6.07) is 8.34. The summed E-state index contributed by atoms with van der Waals surface area (Å²) in [5, 5.41) is 4.13. The Balaban J connectivity index is 1.47. The monoisotopic (exact) mass is 379 g/mol. The normalized spacial score (nSPS) is 11.6. The molecule has 7 nitrogen and oxygen atoms in total. The van der Waals surface area contributed by atoms with Gasteiger partial charge in [-0.2, -0.15) is 5.10 Å². The summed E-state index contributed by atoms with van der Waals surface area (Å²) in [7, 11) is 0. The molecule has 5 rings (SSSR count). The second-order valence-corrected chi connectivity index (χ2v) is 7.83. The molecule has 1 N–H and O–H groups in total. The van der Waals surface area contributed by atoms with Gasteiger partial charge in [0, 0.05) is 6.42 Å². The lowest BCUT2D eigenvalue weighted by Crippen LogP contribution is -1.94. The summed E-state index contributed by atoms with van der Waals surface area (Å²) >= 11 is 3.40. The van der Waals surface area contributed by atoms with Crippen molar-refractivity contribution in [1.29, 1.82) is 0 Å². The average Bonchev–Trinajstić information content (AvgIpc) is 3.39. The van der Waals surface area contributed by atoms with Crippen molar-refractivity contribution in [3.8, 4) is 5.69 Å². The maximum atomic E-state index is 4.60. The minimum atomic E-state index is 0.701. The van der Waals surface area contributed by atoms with E-state index in [9.17, 15) is 0 Å². The van der Waals surface area contributed by atoms with E-state index in [4.69, 9.17) is 0 Å². The van der Waals surface area contributed by atoms with Crippen molar-refractivity contribution in [1.82, 2.24) is 34.7 Å². The smallest absolute Gasteiger partial charge is 0.177 e. The molecule has 26 heavy (non-hydrogen) atoms. The van der Waals surface area contributed by atoms with E-state index >= 15 is 0 Å². The third-order valence-corrected chi connectivity index (χ3v) is 6.04. The summed E-state index contributed by atoms with van der Waals surface area (Å²) in [5.74, 6) is 0.886. The van der Waals surface area contributed by atoms with Gasteiger partial charge < -0.3 is 4.98 Å². The Labute approximate surface area is 156 Å². The van der Waals surface area contributed by atoms with Crippen molar-refractivity contribution in [2.75, 3.05) is 6.26 Å². The number of hydrogen-bond acceptors (Lipinski definition) is 7. The first-order valence-corrected chi connectivity index (χ1v) is 9.96. The van der Waals surface area contributed by atoms with Gasteiger partial charge in [0.2, 0.25) is 0 Å². The number of nitrogens with zero attached hydrogens (tertiary/aromatic N) is 6. The van der Waals surface area contributed by atoms with Crippen molar-refractivity contribution in [2.45, 2.75) is 10.8 Å². The standard InChI is InChI=1S/C17H13N7S2/c1-25-17-22-12-3-2-10(4-14(12)26-17)5-15-21-13-6-11(7-19-16(13)23-15)24-9-18-8-20-24/h2-4,6-9H,5H2,1H3,(H,19,21,23). The Hall–Kier alpha value is -2.78. The zero-order chi connectivity index (χ0) is 17.5. The number of aromatic amines is 1. The molecule has 0 atom stereocenters. The third kappa shape index (κ3) is 2.74. The number of imidazole rings is 1. The van der Waals surface area contributed by atoms with Gasteiger partial charge in [0.25, 0.3) is 0 Å². The van der Waals surface area contributed by atoms with Crippen LogP contribution in [0.2, 0.25) is 0 Å². The van der Waals surface area contributed by atoms with Crippen LogP contribution in [0.5, 0.6) is 0 Å². The van der Waals surface area contributed by atoms with E-state index in [2.05, 4.69) is 48.2 Å². The second kappa shape index (κ2) is 6.19. The fourth-order valence-electron chi connectivity index (χ4n) is 2.83. The molecule has 9 heteroatoms. The van der Waals surface area contributed by atoms with E-state index in [1.54, 1.807) is 40.3 Å². The highest BCUT2D eigenvalue weighted by Gasteiger charge is 2.09. The van der Waals surface area contributed by atoms with Gasteiger partial charge in [0.1, 0.15) is 18.5 Å². The molecule has 4 heterocycles. The molecule has 0 radical (unpaired) electrons. The van der Waals surface area contributed by atoms with Gasteiger partial charge in [-0.05, 0) is 30.0 Å². The summed E-state index contributed by atoms with van der Waals surface area (Å²) in [5.41, 5.74) is 4.68. The maximum absolute atomic E-state index is 4.60. The van der Waals surface area contributed by atoms with Crippen molar-refractivity contribution in [3.05, 3.63) is 54.5 Å². The zero-order valence-corrected chi connectivity index (χ0v) is 15.4. The minimum Gasteiger partial charge on any atom is -0.340 e. The Morgan fingerprint density at radius 3 is 3.04 bits per heavy atom. The molecule has 0 amide bonds. The molecule has 0 bridgehead atoms. The molecule has 4 aromatic heterocycles. The van der Waals surface area contributed by atoms with Crippen molar-refractivity contribution in [2.24, 2.45) is 0 Å². The summed E-state index contributed by atoms with van der Waals surface area (Å²) in [6.45, 7) is 0. The Kier molecular flexibility index (Phi) is 3.68. The van der Waals surface area contributed by atoms with Crippen LogP contribution in [-0.2, 0) is 6.42 Å². The van der Waals surface area contributed by atoms with E-state index in [-0.39, 0.29) is 0 Å². The lowest BCUT2D eigenvalue weighted by atomic mass is 10.1. The molecule has 5 aromatic rings. The lowest BCUT2D eigenvalue weighted by molar-refractivity contribution is 0.875. The lowest BCUT2D eigenvalue weighted by Gasteiger charge is -1.98. The topological polar surface area (TPSA) is 85.2 Å². The third-order valence-electron chi connectivity index (χ3n) is 4.03. The highest BCUT2D eigenvalue weighted by atomic mass is 32.2. The van der Waals surface area contributed by atoms with Crippen LogP contribution in [0.1, 0.15) is 11.4 Å². The van der Waals surface area contributed by atoms with Crippen molar-refractivity contribution >= 4 is 44.5 Å². The number of rotatable bonds is 4. The number of thioether (sulfide) groups is 1. The van der Waals surface area contributed by atoms with Gasteiger partial charge >= 0.3 is 0 Å². The average molecular weight is 379 g/mol. The first-order valence-electron chi connectivity index (χ1n) is 7.91. The van der Waals surface area contributed by atoms with Crippen molar-refractivity contribution < 1.29 is 0 Å². The van der Waals surface area contributed by atoms with Gasteiger partial charge in [-0.1, -0.05) is 17.8 Å². The molecule has 0 saturated carbocycles. The van der Waals surface area contributed by atoms with Gasteiger partial charge in [0.15, 0.2) is 9.99 Å². The molecule has 0 unspecified atom stereocenters. The SMILES string of the molecule is CSc1nc2ccc(Cc3nc4ncc(-n5cncn5)cc4[nH]3)cc2s1. The number of benzene rings is 1. The zero-order valence-electron chi connectivity index (χ0n) is 13.7. The van der Waals surface area contributed by atoms with Crippen molar-refractivity contribution in [3.63, 3.8) is 0 Å². The van der Waals surface area contributed by atoms with Gasteiger partial charge in [-0.25, -0.2) is 24.6 Å². The predicted octanol–water partition coefficient (Wildman–Crippen LogP) is 3.46. The van der Waals surface area contributed by atoms with Crippen LogP contribution < -0.4 is 0 Å². The molecule has 0 saturated heterocycles. The number of nitrogens with one attached hydrogen (secondary N) is 1. The number of aromatic nitrogens is 7. The largest absolute Gasteiger partial charge is 0.340 e. The van der Waals surface area contributed by atoms with Crippen LogP contribution in [0.25, 0.3) is 27.1 Å². The Bertz CT molecular complexity index is 1210. The molecule has 0 aliphatic rings. The van der Waals surface area contributed by atoms with Crippen LogP contribution in [-0.4, -0.2) is 41.0 Å². The number of H-pyrrole nitrogens is 1. The molecular formula is C17H13N7S2. The fraction of sp³-hybridized carbons (Fsp3) is 0.118. The second-order valence-electron chi connectivity index (χ2n) is 5.75. The van der Waals surface area contributed by atoms with E-state index in [0.717, 1.165) is 33.3 Å². The highest BCUT2D eigenvalue weighted by molar-refractivity contribution is 8.00. The Morgan fingerprint density at radius 1 is 1.23 bits per heavy atom. The molecule has 0 fully saturated rings. The molecule has 0 aliphatic heterocycles. The molecule has 0 aliphatic carbocycles. The van der Waals surface area contributed by atoms with E-state index < -0.39 is 0 Å². The molecular weight excluding hydrogens is 366 g/mol. The number of thiazole rings is 1. The molecule has 0 spiro atoms. The van der Waals surface area contributed by atoms with E-state index in [1.165, 1.54) is 16.6 Å². The summed E-state index contributed by atoms with van der Waals surface area (Å²) in [6.07, 6.45) is 7.66. The fourth-order valence-corrected chi connectivity index (χ4v) is 4.38. The maximum Gasteiger partial charge on any atom is 0.177 e. The van der Waals surface area contributed by atoms with Crippen LogP contribution in [0.15, 0.2) is 47.5 Å². The van der Waals surface area contributed by atoms with Gasteiger partial charge in [0.05, 0.1) is 27.6 Å². The van der Waals surface area contributed by atoms with E-state index in [1.807, 2.05) is 12.3 Å². The van der Waals surface area contributed by atoms with Crippen LogP contribution in [0.4, 0.5) is 0 Å². The van der Waals surface area contributed by atoms with Crippen LogP contribution in [0.3, 0.4) is 0 Å². The molecule has 1 aromatic carbocycles. The summed E-state index contributed by atoms with van der Waals surface area (Å²) in [4.78, 5) is 20.9. The number of fused-ring (bicyclic) bond motifs is 2. The predicted molar refractivity (Wildman–Crippen MR) is 103 cm³/mol. The van der Waals surface area contributed by atoms with Gasteiger partial charge in [-0.15, -0.1) is 11.3 Å². The Morgan fingerprint density at radius 2 is 2.19 bits per heavy atom. The first-order chi connectivity index (χ1) is 12.8. The first kappa shape index (κ1) is 15.5. The number of hydrogen-bond donors (Lipinski definition) is 1. The van der Waals surface area contributed by atoms with E-state index in [0.29, 0.717) is 5.65 Å². The molecule has 128 valence electrons. The number of pyridine rings is 1. The summed E-state index contributed by atoms with van der Waals surface area (Å²) < 4.78 is 3.97. The van der Waals surface area contributed by atoms with Gasteiger partial charge in [-0.3, -0.25) is 0 Å².